The van der Waals surface area contributed by atoms with Crippen molar-refractivity contribution in [2.24, 2.45) is 0 Å². The summed E-state index contributed by atoms with van der Waals surface area (Å²) in [6.07, 6.45) is 8.03. The van der Waals surface area contributed by atoms with Crippen LogP contribution in [-0.2, 0) is 0 Å². The Balaban J connectivity index is 2.57. The van der Waals surface area contributed by atoms with E-state index in [-0.39, 0.29) is 0 Å². The van der Waals surface area contributed by atoms with Crippen molar-refractivity contribution in [3.63, 3.8) is 0 Å². The van der Waals surface area contributed by atoms with Crippen molar-refractivity contribution >= 4 is 0 Å². The topological polar surface area (TPSA) is 20.2 Å². The first-order valence-corrected chi connectivity index (χ1v) is 2.27. The van der Waals surface area contributed by atoms with E-state index < -0.39 is 0 Å². The van der Waals surface area contributed by atoms with Crippen LogP contribution in [0.5, 0.6) is 0 Å². The molecule has 0 unspecified atom stereocenters. The van der Waals surface area contributed by atoms with E-state index in [1.807, 2.05) is 18.6 Å². The van der Waals surface area contributed by atoms with E-state index in [1.165, 1.54) is 0 Å². The van der Waals surface area contributed by atoms with Gasteiger partial charge in [-0.1, -0.05) is 12.2 Å². The maximum atomic E-state index is 8.69. The van der Waals surface area contributed by atoms with Crippen molar-refractivity contribution in [3.05, 3.63) is 30.4 Å². The number of rotatable bonds is 0. The quantitative estimate of drug-likeness (QED) is 0.484. The monoisotopic (exact) mass is 95.0 g/mol. The lowest BCUT2D eigenvalue weighted by Crippen LogP contribution is -1.83. The van der Waals surface area contributed by atoms with Crippen LogP contribution in [-0.4, -0.2) is 5.11 Å². The molecule has 0 saturated heterocycles. The van der Waals surface area contributed by atoms with Gasteiger partial charge in [-0.3, -0.25) is 0 Å². The van der Waals surface area contributed by atoms with E-state index in [4.69, 9.17) is 5.11 Å². The van der Waals surface area contributed by atoms with Crippen molar-refractivity contribution in [1.82, 2.24) is 0 Å². The van der Waals surface area contributed by atoms with Gasteiger partial charge in [-0.15, -0.1) is 0 Å². The molecule has 0 amide bonds. The molecule has 1 radical (unpaired) electrons. The van der Waals surface area contributed by atoms with Crippen molar-refractivity contribution in [2.45, 2.75) is 6.42 Å². The van der Waals surface area contributed by atoms with E-state index in [0.717, 1.165) is 0 Å². The van der Waals surface area contributed by atoms with Crippen LogP contribution in [0, 0.1) is 6.42 Å². The Kier molecular flexibility index (Phi) is 1.16. The van der Waals surface area contributed by atoms with Gasteiger partial charge >= 0.3 is 0 Å². The minimum absolute atomic E-state index is 0.447. The highest BCUT2D eigenvalue weighted by atomic mass is 16.3. The summed E-state index contributed by atoms with van der Waals surface area (Å²) in [4.78, 5) is 0. The first-order chi connectivity index (χ1) is 3.39. The number of hydrogen-bond acceptors (Lipinski definition) is 1. The minimum atomic E-state index is 0.447. The molecule has 1 nitrogen and oxygen atoms in total. The van der Waals surface area contributed by atoms with Crippen LogP contribution in [0.2, 0.25) is 0 Å². The summed E-state index contributed by atoms with van der Waals surface area (Å²) in [5.41, 5.74) is 0. The fourth-order valence-corrected chi connectivity index (χ4v) is 0.502. The third-order valence-electron chi connectivity index (χ3n) is 0.863. The molecule has 1 heteroatoms. The molecule has 0 atom stereocenters. The zero-order valence-corrected chi connectivity index (χ0v) is 3.96. The number of aliphatic hydroxyl groups is 1. The number of hydrogen-bond donors (Lipinski definition) is 1. The normalized spacial score (nSPS) is 19.1. The van der Waals surface area contributed by atoms with E-state index in [9.17, 15) is 0 Å². The summed E-state index contributed by atoms with van der Waals surface area (Å²) in [5, 5.41) is 8.69. The van der Waals surface area contributed by atoms with Crippen LogP contribution in [0.15, 0.2) is 24.0 Å². The van der Waals surface area contributed by atoms with E-state index >= 15 is 0 Å². The van der Waals surface area contributed by atoms with Gasteiger partial charge in [0.2, 0.25) is 0 Å². The summed E-state index contributed by atoms with van der Waals surface area (Å²) in [6, 6.07) is 0. The Morgan fingerprint density at radius 2 is 2.29 bits per heavy atom. The molecule has 0 aromatic carbocycles. The van der Waals surface area contributed by atoms with Crippen molar-refractivity contribution in [3.8, 4) is 0 Å². The van der Waals surface area contributed by atoms with Crippen molar-refractivity contribution in [1.29, 1.82) is 0 Å². The molecule has 1 N–H and O–H groups in total. The molecule has 0 aromatic heterocycles. The predicted molar refractivity (Wildman–Crippen MR) is 28.8 cm³/mol. The molecule has 0 spiro atoms. The summed E-state index contributed by atoms with van der Waals surface area (Å²) in [7, 11) is 0. The van der Waals surface area contributed by atoms with E-state index in [1.54, 1.807) is 6.08 Å². The maximum Gasteiger partial charge on any atom is 0.0928 e. The van der Waals surface area contributed by atoms with Crippen LogP contribution < -0.4 is 0 Å². The van der Waals surface area contributed by atoms with Crippen LogP contribution >= 0.6 is 0 Å². The molecule has 0 saturated carbocycles. The molecule has 0 bridgehead atoms. The zero-order valence-electron chi connectivity index (χ0n) is 3.96. The highest BCUT2D eigenvalue weighted by molar-refractivity contribution is 5.18. The fourth-order valence-electron chi connectivity index (χ4n) is 0.502. The van der Waals surface area contributed by atoms with Crippen molar-refractivity contribution in [2.75, 3.05) is 0 Å². The Morgan fingerprint density at radius 1 is 1.43 bits per heavy atom. The third-order valence-corrected chi connectivity index (χ3v) is 0.863. The molecule has 0 aliphatic heterocycles. The second-order valence-electron chi connectivity index (χ2n) is 1.48. The van der Waals surface area contributed by atoms with Gasteiger partial charge in [0.1, 0.15) is 0 Å². The summed E-state index contributed by atoms with van der Waals surface area (Å²) >= 11 is 0. The lowest BCUT2D eigenvalue weighted by molar-refractivity contribution is 0.397. The molecular formula is C6H7O. The molecule has 1 aliphatic carbocycles. The third kappa shape index (κ3) is 1.07. The van der Waals surface area contributed by atoms with E-state index in [0.29, 0.717) is 12.2 Å². The predicted octanol–water partition coefficient (Wildman–Crippen LogP) is 1.59. The Bertz CT molecular complexity index is 111. The largest absolute Gasteiger partial charge is 0.512 e. The van der Waals surface area contributed by atoms with E-state index in [2.05, 4.69) is 0 Å². The lowest BCUT2D eigenvalue weighted by Gasteiger charge is -1.97. The second kappa shape index (κ2) is 1.82. The summed E-state index contributed by atoms with van der Waals surface area (Å²) in [6.45, 7) is 0. The average Bonchev–Trinajstić information content (AvgIpc) is 1.69. The Hall–Kier alpha value is -0.720. The molecule has 1 aliphatic rings. The summed E-state index contributed by atoms with van der Waals surface area (Å²) < 4.78 is 0. The number of allylic oxidation sites excluding steroid dienone is 4. The van der Waals surface area contributed by atoms with Crippen LogP contribution in [0.3, 0.4) is 0 Å². The summed E-state index contributed by atoms with van der Waals surface area (Å²) in [5.74, 6) is 0.447. The van der Waals surface area contributed by atoms with Gasteiger partial charge in [-0.05, 0) is 12.5 Å². The van der Waals surface area contributed by atoms with Gasteiger partial charge in [0.25, 0.3) is 0 Å². The second-order valence-corrected chi connectivity index (χ2v) is 1.48. The standard InChI is InChI=1S/C6H7O/c7-6-4-2-1-3-5-6/h1-4,7H,5H2. The SMILES string of the molecule is OC1=CC=C[CH]C1. The maximum absolute atomic E-state index is 8.69. The highest BCUT2D eigenvalue weighted by Crippen LogP contribution is 2.05. The van der Waals surface area contributed by atoms with Crippen LogP contribution in [0.25, 0.3) is 0 Å². The Labute approximate surface area is 43.0 Å². The molecule has 0 aromatic rings. The molecule has 37 valence electrons. The Morgan fingerprint density at radius 3 is 2.57 bits per heavy atom. The van der Waals surface area contributed by atoms with Gasteiger partial charge < -0.3 is 5.11 Å². The first kappa shape index (κ1) is 4.44. The van der Waals surface area contributed by atoms with Gasteiger partial charge in [-0.2, -0.15) is 0 Å². The number of aliphatic hydroxyl groups excluding tert-OH is 1. The molecule has 0 fully saturated rings. The first-order valence-electron chi connectivity index (χ1n) is 2.27. The van der Waals surface area contributed by atoms with Crippen molar-refractivity contribution < 1.29 is 5.11 Å². The fraction of sp³-hybridized carbons (Fsp3) is 0.167. The molecule has 7 heavy (non-hydrogen) atoms. The van der Waals surface area contributed by atoms with Gasteiger partial charge in [-0.25, -0.2) is 0 Å². The van der Waals surface area contributed by atoms with Gasteiger partial charge in [0.05, 0.1) is 5.76 Å². The molecular weight excluding hydrogens is 88.1 g/mol. The molecule has 1 rings (SSSR count). The van der Waals surface area contributed by atoms with Gasteiger partial charge in [0, 0.05) is 6.42 Å². The average molecular weight is 95.1 g/mol. The van der Waals surface area contributed by atoms with Crippen LogP contribution in [0.4, 0.5) is 0 Å². The van der Waals surface area contributed by atoms with Gasteiger partial charge in [0.15, 0.2) is 0 Å². The lowest BCUT2D eigenvalue weighted by atomic mass is 10.2. The zero-order chi connectivity index (χ0) is 5.11. The minimum Gasteiger partial charge on any atom is -0.512 e. The highest BCUT2D eigenvalue weighted by Gasteiger charge is 1.91. The molecule has 0 heterocycles. The smallest absolute Gasteiger partial charge is 0.0928 e. The van der Waals surface area contributed by atoms with Crippen LogP contribution in [0.1, 0.15) is 6.42 Å².